The van der Waals surface area contributed by atoms with E-state index in [0.717, 1.165) is 0 Å². The van der Waals surface area contributed by atoms with Crippen molar-refractivity contribution in [3.63, 3.8) is 0 Å². The minimum Gasteiger partial charge on any atom is -0.356 e. The highest BCUT2D eigenvalue weighted by Crippen LogP contribution is 2.10. The standard InChI is InChI=1S/C10H20N2O2S/c1-7(2)6-9(11)10(14)15-5-4-12-8(3)13/h7,9H,4-6,11H2,1-3H3,(H,12,13)/t9-/m0/s1. The molecule has 1 amide bonds. The number of nitrogens with two attached hydrogens (primary N) is 1. The topological polar surface area (TPSA) is 72.2 Å². The number of hydrogen-bond donors (Lipinski definition) is 2. The van der Waals surface area contributed by atoms with Crippen LogP contribution in [-0.4, -0.2) is 29.4 Å². The summed E-state index contributed by atoms with van der Waals surface area (Å²) in [7, 11) is 0. The van der Waals surface area contributed by atoms with Crippen LogP contribution in [0.2, 0.25) is 0 Å². The molecule has 0 saturated carbocycles. The number of amides is 1. The molecule has 0 bridgehead atoms. The second-order valence-electron chi connectivity index (χ2n) is 3.89. The van der Waals surface area contributed by atoms with Crippen molar-refractivity contribution < 1.29 is 9.59 Å². The molecule has 0 spiro atoms. The Bertz CT molecular complexity index is 219. The van der Waals surface area contributed by atoms with Crippen molar-refractivity contribution in [2.24, 2.45) is 11.7 Å². The Balaban J connectivity index is 3.60. The molecule has 0 aliphatic rings. The maximum atomic E-state index is 11.4. The Kier molecular flexibility index (Phi) is 7.42. The Morgan fingerprint density at radius 2 is 2.00 bits per heavy atom. The Labute approximate surface area is 95.4 Å². The maximum Gasteiger partial charge on any atom is 0.216 e. The van der Waals surface area contributed by atoms with Gasteiger partial charge < -0.3 is 11.1 Å². The first-order valence-corrected chi connectivity index (χ1v) is 6.08. The first kappa shape index (κ1) is 14.5. The van der Waals surface area contributed by atoms with Gasteiger partial charge in [-0.1, -0.05) is 25.6 Å². The average Bonchev–Trinajstić information content (AvgIpc) is 2.10. The summed E-state index contributed by atoms with van der Waals surface area (Å²) in [5, 5.41) is 2.64. The van der Waals surface area contributed by atoms with E-state index in [-0.39, 0.29) is 17.1 Å². The van der Waals surface area contributed by atoms with Crippen LogP contribution in [0.15, 0.2) is 0 Å². The van der Waals surface area contributed by atoms with Gasteiger partial charge >= 0.3 is 0 Å². The highest BCUT2D eigenvalue weighted by molar-refractivity contribution is 8.13. The lowest BCUT2D eigenvalue weighted by molar-refractivity contribution is -0.119. The number of thioether (sulfide) groups is 1. The first-order valence-electron chi connectivity index (χ1n) is 5.10. The van der Waals surface area contributed by atoms with Crippen molar-refractivity contribution in [2.45, 2.75) is 33.2 Å². The van der Waals surface area contributed by atoms with E-state index in [4.69, 9.17) is 5.73 Å². The van der Waals surface area contributed by atoms with Gasteiger partial charge in [-0.25, -0.2) is 0 Å². The third kappa shape index (κ3) is 8.44. The zero-order chi connectivity index (χ0) is 11.8. The largest absolute Gasteiger partial charge is 0.356 e. The van der Waals surface area contributed by atoms with Crippen molar-refractivity contribution in [3.8, 4) is 0 Å². The number of carbonyl (C=O) groups is 2. The molecule has 0 aromatic rings. The Morgan fingerprint density at radius 1 is 1.40 bits per heavy atom. The quantitative estimate of drug-likeness (QED) is 0.663. The lowest BCUT2D eigenvalue weighted by Crippen LogP contribution is -2.31. The number of hydrogen-bond acceptors (Lipinski definition) is 4. The van der Waals surface area contributed by atoms with Gasteiger partial charge in [0, 0.05) is 19.2 Å². The summed E-state index contributed by atoms with van der Waals surface area (Å²) in [5.74, 6) is 0.943. The SMILES string of the molecule is CC(=O)NCCSC(=O)[C@@H](N)CC(C)C. The van der Waals surface area contributed by atoms with Gasteiger partial charge in [-0.15, -0.1) is 0 Å². The van der Waals surface area contributed by atoms with E-state index < -0.39 is 0 Å². The molecule has 0 radical (unpaired) electrons. The van der Waals surface area contributed by atoms with E-state index in [1.807, 2.05) is 13.8 Å². The third-order valence-electron chi connectivity index (χ3n) is 1.75. The minimum absolute atomic E-state index is 0.00838. The monoisotopic (exact) mass is 232 g/mol. The molecule has 0 aromatic heterocycles. The lowest BCUT2D eigenvalue weighted by atomic mass is 10.1. The van der Waals surface area contributed by atoms with Gasteiger partial charge in [-0.2, -0.15) is 0 Å². The van der Waals surface area contributed by atoms with Crippen LogP contribution in [0.4, 0.5) is 0 Å². The zero-order valence-electron chi connectivity index (χ0n) is 9.58. The van der Waals surface area contributed by atoms with Gasteiger partial charge in [-0.05, 0) is 12.3 Å². The van der Waals surface area contributed by atoms with Crippen LogP contribution in [0.25, 0.3) is 0 Å². The van der Waals surface area contributed by atoms with Gasteiger partial charge in [0.1, 0.15) is 0 Å². The van der Waals surface area contributed by atoms with Crippen LogP contribution in [0.1, 0.15) is 27.2 Å². The number of nitrogens with one attached hydrogen (secondary N) is 1. The molecule has 0 rings (SSSR count). The van der Waals surface area contributed by atoms with Crippen LogP contribution < -0.4 is 11.1 Å². The molecule has 0 aliphatic carbocycles. The van der Waals surface area contributed by atoms with Gasteiger partial charge in [0.2, 0.25) is 11.0 Å². The molecule has 0 heterocycles. The van der Waals surface area contributed by atoms with E-state index in [9.17, 15) is 9.59 Å². The van der Waals surface area contributed by atoms with Crippen LogP contribution >= 0.6 is 11.8 Å². The normalized spacial score (nSPS) is 12.6. The molecular weight excluding hydrogens is 212 g/mol. The van der Waals surface area contributed by atoms with Crippen LogP contribution in [0, 0.1) is 5.92 Å². The summed E-state index contributed by atoms with van der Waals surface area (Å²) in [6, 6.07) is -0.382. The van der Waals surface area contributed by atoms with E-state index in [2.05, 4.69) is 5.32 Å². The molecule has 0 aromatic carbocycles. The average molecular weight is 232 g/mol. The van der Waals surface area contributed by atoms with Crippen molar-refractivity contribution in [3.05, 3.63) is 0 Å². The van der Waals surface area contributed by atoms with Gasteiger partial charge in [-0.3, -0.25) is 9.59 Å². The fourth-order valence-electron chi connectivity index (χ4n) is 1.09. The van der Waals surface area contributed by atoms with E-state index >= 15 is 0 Å². The van der Waals surface area contributed by atoms with Crippen LogP contribution in [-0.2, 0) is 9.59 Å². The fourth-order valence-corrected chi connectivity index (χ4v) is 1.81. The highest BCUT2D eigenvalue weighted by atomic mass is 32.2. The number of rotatable bonds is 6. The molecule has 0 fully saturated rings. The second-order valence-corrected chi connectivity index (χ2v) is 4.99. The van der Waals surface area contributed by atoms with Crippen molar-refractivity contribution in [1.82, 2.24) is 5.32 Å². The van der Waals surface area contributed by atoms with Gasteiger partial charge in [0.05, 0.1) is 6.04 Å². The Morgan fingerprint density at radius 3 is 2.47 bits per heavy atom. The molecule has 1 atom stereocenters. The third-order valence-corrected chi connectivity index (χ3v) is 2.74. The molecule has 88 valence electrons. The predicted molar refractivity (Wildman–Crippen MR) is 63.6 cm³/mol. The predicted octanol–water partition coefficient (Wildman–Crippen LogP) is 0.756. The van der Waals surface area contributed by atoms with Gasteiger partial charge in [0.15, 0.2) is 0 Å². The van der Waals surface area contributed by atoms with E-state index in [1.165, 1.54) is 18.7 Å². The van der Waals surface area contributed by atoms with Crippen molar-refractivity contribution in [1.29, 1.82) is 0 Å². The maximum absolute atomic E-state index is 11.4. The van der Waals surface area contributed by atoms with Gasteiger partial charge in [0.25, 0.3) is 0 Å². The zero-order valence-corrected chi connectivity index (χ0v) is 10.4. The molecule has 4 nitrogen and oxygen atoms in total. The molecule has 0 unspecified atom stereocenters. The lowest BCUT2D eigenvalue weighted by Gasteiger charge is -2.12. The Hall–Kier alpha value is -0.550. The summed E-state index contributed by atoms with van der Waals surface area (Å²) in [6.07, 6.45) is 0.714. The summed E-state index contributed by atoms with van der Waals surface area (Å²) in [4.78, 5) is 22.0. The van der Waals surface area contributed by atoms with E-state index in [0.29, 0.717) is 24.6 Å². The second kappa shape index (κ2) is 7.70. The molecule has 15 heavy (non-hydrogen) atoms. The minimum atomic E-state index is -0.382. The van der Waals surface area contributed by atoms with Crippen LogP contribution in [0.5, 0.6) is 0 Å². The highest BCUT2D eigenvalue weighted by Gasteiger charge is 2.14. The summed E-state index contributed by atoms with van der Waals surface area (Å²) >= 11 is 1.19. The summed E-state index contributed by atoms with van der Waals surface area (Å²) < 4.78 is 0. The fraction of sp³-hybridized carbons (Fsp3) is 0.800. The summed E-state index contributed by atoms with van der Waals surface area (Å²) in [6.45, 7) is 6.04. The van der Waals surface area contributed by atoms with Crippen molar-refractivity contribution in [2.75, 3.05) is 12.3 Å². The van der Waals surface area contributed by atoms with E-state index in [1.54, 1.807) is 0 Å². The summed E-state index contributed by atoms with van der Waals surface area (Å²) in [5.41, 5.74) is 5.70. The number of carbonyl (C=O) groups excluding carboxylic acids is 2. The molecule has 5 heteroatoms. The smallest absolute Gasteiger partial charge is 0.216 e. The molecule has 0 aliphatic heterocycles. The molecule has 0 saturated heterocycles. The molecular formula is C10H20N2O2S. The molecule has 3 N–H and O–H groups in total. The van der Waals surface area contributed by atoms with Crippen molar-refractivity contribution >= 4 is 22.8 Å². The first-order chi connectivity index (χ1) is 6.93. The van der Waals surface area contributed by atoms with Crippen LogP contribution in [0.3, 0.4) is 0 Å².